The van der Waals surface area contributed by atoms with Gasteiger partial charge in [-0.25, -0.2) is 4.68 Å². The highest BCUT2D eigenvalue weighted by atomic mass is 35.5. The van der Waals surface area contributed by atoms with Crippen LogP contribution in [-0.2, 0) is 17.2 Å². The van der Waals surface area contributed by atoms with Crippen LogP contribution < -0.4 is 4.18 Å². The highest BCUT2D eigenvalue weighted by Gasteiger charge is 2.26. The van der Waals surface area contributed by atoms with Crippen LogP contribution in [0.5, 0.6) is 5.88 Å². The number of aromatic nitrogens is 2. The zero-order valence-corrected chi connectivity index (χ0v) is 16.7. The first-order valence-corrected chi connectivity index (χ1v) is 9.87. The van der Waals surface area contributed by atoms with E-state index in [1.807, 2.05) is 0 Å². The van der Waals surface area contributed by atoms with Crippen molar-refractivity contribution in [3.63, 3.8) is 0 Å². The number of hydrogen-bond donors (Lipinski definition) is 0. The van der Waals surface area contributed by atoms with Crippen molar-refractivity contribution >= 4 is 33.3 Å². The summed E-state index contributed by atoms with van der Waals surface area (Å²) in [6, 6.07) is 11.7. The lowest BCUT2D eigenvalue weighted by Gasteiger charge is -2.12. The molecule has 0 bridgehead atoms. The van der Waals surface area contributed by atoms with E-state index in [0.717, 1.165) is 0 Å². The minimum Gasteiger partial charge on any atom is -0.358 e. The van der Waals surface area contributed by atoms with Crippen LogP contribution >= 0.6 is 23.2 Å². The molecule has 0 atom stereocenters. The Kier molecular flexibility index (Phi) is 5.01. The van der Waals surface area contributed by atoms with Gasteiger partial charge in [-0.05, 0) is 31.5 Å². The van der Waals surface area contributed by atoms with Gasteiger partial charge in [-0.15, -0.1) is 0 Å². The lowest BCUT2D eigenvalue weighted by Crippen LogP contribution is -2.13. The highest BCUT2D eigenvalue weighted by molar-refractivity contribution is 7.87. The largest absolute Gasteiger partial charge is 0.358 e. The number of halogens is 2. The van der Waals surface area contributed by atoms with E-state index in [1.165, 1.54) is 10.7 Å². The molecule has 8 heteroatoms. The van der Waals surface area contributed by atoms with Crippen molar-refractivity contribution in [3.8, 4) is 17.0 Å². The molecule has 0 saturated heterocycles. The van der Waals surface area contributed by atoms with Crippen LogP contribution in [0.15, 0.2) is 47.4 Å². The van der Waals surface area contributed by atoms with Gasteiger partial charge in [0.1, 0.15) is 4.90 Å². The molecular formula is C18H16Cl2N2O3S. The van der Waals surface area contributed by atoms with Gasteiger partial charge in [-0.1, -0.05) is 53.5 Å². The van der Waals surface area contributed by atoms with Crippen molar-refractivity contribution in [2.45, 2.75) is 18.7 Å². The van der Waals surface area contributed by atoms with Crippen molar-refractivity contribution in [1.29, 1.82) is 0 Å². The lowest BCUT2D eigenvalue weighted by atomic mass is 10.1. The zero-order chi connectivity index (χ0) is 19.1. The van der Waals surface area contributed by atoms with Crippen LogP contribution in [0.25, 0.3) is 11.1 Å². The third-order valence-electron chi connectivity index (χ3n) is 3.94. The van der Waals surface area contributed by atoms with E-state index >= 15 is 0 Å². The monoisotopic (exact) mass is 410 g/mol. The average Bonchev–Trinajstić information content (AvgIpc) is 2.84. The quantitative estimate of drug-likeness (QED) is 0.580. The summed E-state index contributed by atoms with van der Waals surface area (Å²) in [5.74, 6) is 0.0786. The predicted molar refractivity (Wildman–Crippen MR) is 102 cm³/mol. The first kappa shape index (κ1) is 18.8. The maximum absolute atomic E-state index is 12.8. The molecule has 0 aliphatic carbocycles. The van der Waals surface area contributed by atoms with E-state index < -0.39 is 10.1 Å². The van der Waals surface area contributed by atoms with Gasteiger partial charge < -0.3 is 4.18 Å². The Hall–Kier alpha value is -2.02. The minimum absolute atomic E-state index is 0.0786. The van der Waals surface area contributed by atoms with Crippen molar-refractivity contribution in [2.75, 3.05) is 0 Å². The van der Waals surface area contributed by atoms with Crippen LogP contribution in [0.4, 0.5) is 0 Å². The SMILES string of the molecule is Cc1ccccc1S(=O)(=O)Oc1c(-c2cccc(Cl)c2Cl)c(C)nn1C. The molecule has 0 spiro atoms. The molecule has 1 heterocycles. The van der Waals surface area contributed by atoms with Crippen molar-refractivity contribution in [3.05, 3.63) is 63.8 Å². The maximum atomic E-state index is 12.8. The lowest BCUT2D eigenvalue weighted by molar-refractivity contribution is 0.456. The van der Waals surface area contributed by atoms with Gasteiger partial charge in [0.15, 0.2) is 0 Å². The molecule has 0 saturated carbocycles. The van der Waals surface area contributed by atoms with Gasteiger partial charge >= 0.3 is 10.1 Å². The molecule has 1 aromatic heterocycles. The van der Waals surface area contributed by atoms with E-state index in [1.54, 1.807) is 57.3 Å². The Morgan fingerprint density at radius 2 is 1.73 bits per heavy atom. The third kappa shape index (κ3) is 3.32. The molecule has 3 aromatic rings. The van der Waals surface area contributed by atoms with E-state index in [-0.39, 0.29) is 10.8 Å². The van der Waals surface area contributed by atoms with Gasteiger partial charge in [0.05, 0.1) is 21.3 Å². The molecule has 0 N–H and O–H groups in total. The second kappa shape index (κ2) is 6.95. The van der Waals surface area contributed by atoms with Crippen LogP contribution in [0.2, 0.25) is 10.0 Å². The minimum atomic E-state index is -4.04. The topological polar surface area (TPSA) is 61.2 Å². The Labute approximate surface area is 162 Å². The third-order valence-corrected chi connectivity index (χ3v) is 6.14. The van der Waals surface area contributed by atoms with Crippen LogP contribution in [0.1, 0.15) is 11.3 Å². The van der Waals surface area contributed by atoms with E-state index in [9.17, 15) is 8.42 Å². The summed E-state index contributed by atoms with van der Waals surface area (Å²) in [5, 5.41) is 4.95. The highest BCUT2D eigenvalue weighted by Crippen LogP contribution is 2.40. The van der Waals surface area contributed by atoms with Crippen molar-refractivity contribution < 1.29 is 12.6 Å². The number of benzene rings is 2. The molecule has 136 valence electrons. The average molecular weight is 411 g/mol. The van der Waals surface area contributed by atoms with Crippen LogP contribution in [-0.4, -0.2) is 18.2 Å². The predicted octanol–water partition coefficient (Wildman–Crippen LogP) is 4.78. The molecule has 0 aliphatic heterocycles. The van der Waals surface area contributed by atoms with Gasteiger partial charge in [-0.3, -0.25) is 0 Å². The van der Waals surface area contributed by atoms with Gasteiger partial charge in [-0.2, -0.15) is 13.5 Å². The van der Waals surface area contributed by atoms with Crippen LogP contribution in [0, 0.1) is 13.8 Å². The van der Waals surface area contributed by atoms with Crippen molar-refractivity contribution in [2.24, 2.45) is 7.05 Å². The maximum Gasteiger partial charge on any atom is 0.340 e. The summed E-state index contributed by atoms with van der Waals surface area (Å²) in [5.41, 5.74) is 2.21. The first-order chi connectivity index (χ1) is 12.2. The van der Waals surface area contributed by atoms with E-state index in [0.29, 0.717) is 32.4 Å². The molecule has 26 heavy (non-hydrogen) atoms. The fraction of sp³-hybridized carbons (Fsp3) is 0.167. The normalized spacial score (nSPS) is 11.6. The van der Waals surface area contributed by atoms with Crippen LogP contribution in [0.3, 0.4) is 0 Å². The van der Waals surface area contributed by atoms with Gasteiger partial charge in [0.25, 0.3) is 0 Å². The smallest absolute Gasteiger partial charge is 0.340 e. The van der Waals surface area contributed by atoms with E-state index in [2.05, 4.69) is 5.10 Å². The molecular weight excluding hydrogens is 395 g/mol. The summed E-state index contributed by atoms with van der Waals surface area (Å²) < 4.78 is 32.4. The number of rotatable bonds is 4. The molecule has 0 unspecified atom stereocenters. The Morgan fingerprint density at radius 1 is 1.04 bits per heavy atom. The molecule has 3 rings (SSSR count). The second-order valence-corrected chi connectivity index (χ2v) is 8.09. The fourth-order valence-corrected chi connectivity index (χ4v) is 4.32. The summed E-state index contributed by atoms with van der Waals surface area (Å²) in [4.78, 5) is 0.0991. The molecule has 0 radical (unpaired) electrons. The standard InChI is InChI=1S/C18H16Cl2N2O3S/c1-11-7-4-5-10-15(11)26(23,24)25-18-16(12(2)21-22(18)3)13-8-6-9-14(19)17(13)20/h4-10H,1-3H3. The molecule has 0 fully saturated rings. The van der Waals surface area contributed by atoms with Crippen molar-refractivity contribution in [1.82, 2.24) is 9.78 Å². The second-order valence-electron chi connectivity index (χ2n) is 5.79. The molecule has 5 nitrogen and oxygen atoms in total. The summed E-state index contributed by atoms with van der Waals surface area (Å²) >= 11 is 12.4. The van der Waals surface area contributed by atoms with Gasteiger partial charge in [0.2, 0.25) is 5.88 Å². The molecule has 0 aliphatic rings. The summed E-state index contributed by atoms with van der Waals surface area (Å²) in [6.07, 6.45) is 0. The van der Waals surface area contributed by atoms with E-state index in [4.69, 9.17) is 27.4 Å². The summed E-state index contributed by atoms with van der Waals surface area (Å²) in [6.45, 7) is 3.46. The zero-order valence-electron chi connectivity index (χ0n) is 14.3. The first-order valence-electron chi connectivity index (χ1n) is 7.70. The number of hydrogen-bond acceptors (Lipinski definition) is 4. The Morgan fingerprint density at radius 3 is 2.42 bits per heavy atom. The Balaban J connectivity index is 2.16. The number of nitrogens with zero attached hydrogens (tertiary/aromatic N) is 2. The summed E-state index contributed by atoms with van der Waals surface area (Å²) in [7, 11) is -2.43. The Bertz CT molecular complexity index is 1090. The number of aryl methyl sites for hydroxylation is 3. The molecule has 0 amide bonds. The van der Waals surface area contributed by atoms with Gasteiger partial charge in [0, 0.05) is 12.6 Å². The molecule has 2 aromatic carbocycles. The fourth-order valence-electron chi connectivity index (χ4n) is 2.73.